The number of methoxy groups -OCH3 is 3. The van der Waals surface area contributed by atoms with Crippen LogP contribution >= 0.6 is 12.4 Å². The first-order chi connectivity index (χ1) is 11.2. The van der Waals surface area contributed by atoms with Crippen molar-refractivity contribution < 1.29 is 23.7 Å². The average Bonchev–Trinajstić information content (AvgIpc) is 3.07. The summed E-state index contributed by atoms with van der Waals surface area (Å²) in [5.74, 6) is 1.34. The van der Waals surface area contributed by atoms with Crippen LogP contribution in [0, 0.1) is 0 Å². The van der Waals surface area contributed by atoms with Crippen LogP contribution in [0.5, 0.6) is 17.2 Å². The summed E-state index contributed by atoms with van der Waals surface area (Å²) in [6.07, 6.45) is 2.34. The highest BCUT2D eigenvalue weighted by molar-refractivity contribution is 5.93. The van der Waals surface area contributed by atoms with E-state index in [1.165, 1.54) is 21.3 Å². The third-order valence-electron chi connectivity index (χ3n) is 3.63. The van der Waals surface area contributed by atoms with Gasteiger partial charge in [-0.2, -0.15) is 0 Å². The van der Waals surface area contributed by atoms with Crippen LogP contribution in [0.4, 0.5) is 5.69 Å². The molecule has 1 atom stereocenters. The first-order valence-electron chi connectivity index (χ1n) is 7.60. The van der Waals surface area contributed by atoms with Gasteiger partial charge < -0.3 is 29.6 Å². The predicted octanol–water partition coefficient (Wildman–Crippen LogP) is 1.84. The van der Waals surface area contributed by atoms with E-state index in [-0.39, 0.29) is 31.0 Å². The van der Waals surface area contributed by atoms with Crippen LogP contribution in [0.2, 0.25) is 0 Å². The fourth-order valence-corrected chi connectivity index (χ4v) is 2.51. The van der Waals surface area contributed by atoms with E-state index >= 15 is 0 Å². The summed E-state index contributed by atoms with van der Waals surface area (Å²) in [4.78, 5) is 12.0. The molecule has 0 bridgehead atoms. The summed E-state index contributed by atoms with van der Waals surface area (Å²) < 4.78 is 21.3. The molecule has 1 aliphatic heterocycles. The van der Waals surface area contributed by atoms with Crippen LogP contribution in [0.3, 0.4) is 0 Å². The van der Waals surface area contributed by atoms with E-state index < -0.39 is 0 Å². The van der Waals surface area contributed by atoms with Gasteiger partial charge in [-0.1, -0.05) is 0 Å². The van der Waals surface area contributed by atoms with Gasteiger partial charge in [-0.3, -0.25) is 4.79 Å². The van der Waals surface area contributed by atoms with Gasteiger partial charge in [-0.25, -0.2) is 0 Å². The monoisotopic (exact) mass is 360 g/mol. The molecule has 2 rings (SSSR count). The second kappa shape index (κ2) is 10.2. The van der Waals surface area contributed by atoms with Gasteiger partial charge in [0.1, 0.15) is 0 Å². The largest absolute Gasteiger partial charge is 0.493 e. The van der Waals surface area contributed by atoms with Crippen molar-refractivity contribution in [1.82, 2.24) is 5.32 Å². The van der Waals surface area contributed by atoms with Crippen LogP contribution in [-0.4, -0.2) is 53.0 Å². The van der Waals surface area contributed by atoms with Crippen LogP contribution in [0.1, 0.15) is 12.8 Å². The zero-order valence-corrected chi connectivity index (χ0v) is 15.0. The third kappa shape index (κ3) is 5.43. The van der Waals surface area contributed by atoms with Crippen molar-refractivity contribution in [2.45, 2.75) is 18.9 Å². The number of carbonyl (C=O) groups is 1. The van der Waals surface area contributed by atoms with E-state index in [0.29, 0.717) is 29.5 Å². The molecule has 1 unspecified atom stereocenters. The number of halogens is 1. The molecule has 1 aromatic rings. The number of carbonyl (C=O) groups excluding carboxylic acids is 1. The van der Waals surface area contributed by atoms with Gasteiger partial charge in [-0.15, -0.1) is 12.4 Å². The van der Waals surface area contributed by atoms with E-state index in [1.54, 1.807) is 12.1 Å². The van der Waals surface area contributed by atoms with Crippen LogP contribution < -0.4 is 24.8 Å². The SMILES string of the molecule is COc1cc(NC(=O)CNCC2CCCO2)cc(OC)c1OC.Cl. The number of amides is 1. The summed E-state index contributed by atoms with van der Waals surface area (Å²) in [6, 6.07) is 3.39. The normalized spacial score (nSPS) is 16.2. The first kappa shape index (κ1) is 20.3. The molecule has 7 nitrogen and oxygen atoms in total. The van der Waals surface area contributed by atoms with Crippen molar-refractivity contribution in [2.75, 3.05) is 46.3 Å². The van der Waals surface area contributed by atoms with Crippen molar-refractivity contribution in [2.24, 2.45) is 0 Å². The zero-order chi connectivity index (χ0) is 16.7. The van der Waals surface area contributed by atoms with Crippen molar-refractivity contribution in [3.05, 3.63) is 12.1 Å². The maximum absolute atomic E-state index is 12.0. The molecule has 1 saturated heterocycles. The van der Waals surface area contributed by atoms with Gasteiger partial charge in [-0.05, 0) is 12.8 Å². The maximum atomic E-state index is 12.0. The fourth-order valence-electron chi connectivity index (χ4n) is 2.51. The molecule has 1 aliphatic rings. The van der Waals surface area contributed by atoms with E-state index in [9.17, 15) is 4.79 Å². The Hall–Kier alpha value is -1.70. The number of ether oxygens (including phenoxy) is 4. The Bertz CT molecular complexity index is 510. The lowest BCUT2D eigenvalue weighted by atomic mass is 10.2. The Labute approximate surface area is 148 Å². The summed E-state index contributed by atoms with van der Waals surface area (Å²) >= 11 is 0. The lowest BCUT2D eigenvalue weighted by Gasteiger charge is -2.15. The molecular formula is C16H25ClN2O5. The van der Waals surface area contributed by atoms with E-state index in [0.717, 1.165) is 19.4 Å². The van der Waals surface area contributed by atoms with Gasteiger partial charge in [0.15, 0.2) is 11.5 Å². The van der Waals surface area contributed by atoms with E-state index in [2.05, 4.69) is 10.6 Å². The number of nitrogens with one attached hydrogen (secondary N) is 2. The van der Waals surface area contributed by atoms with Gasteiger partial charge in [0, 0.05) is 31.0 Å². The van der Waals surface area contributed by atoms with Gasteiger partial charge >= 0.3 is 0 Å². The summed E-state index contributed by atoms with van der Waals surface area (Å²) in [5, 5.41) is 5.91. The highest BCUT2D eigenvalue weighted by Gasteiger charge is 2.16. The van der Waals surface area contributed by atoms with Gasteiger partial charge in [0.05, 0.1) is 34.0 Å². The lowest BCUT2D eigenvalue weighted by Crippen LogP contribution is -2.33. The molecule has 0 saturated carbocycles. The molecule has 1 aromatic carbocycles. The minimum absolute atomic E-state index is 0. The summed E-state index contributed by atoms with van der Waals surface area (Å²) in [5.41, 5.74) is 0.586. The second-order valence-corrected chi connectivity index (χ2v) is 5.23. The third-order valence-corrected chi connectivity index (χ3v) is 3.63. The Morgan fingerprint density at radius 2 is 1.88 bits per heavy atom. The molecule has 0 radical (unpaired) electrons. The van der Waals surface area contributed by atoms with E-state index in [4.69, 9.17) is 18.9 Å². The number of hydrogen-bond acceptors (Lipinski definition) is 6. The molecular weight excluding hydrogens is 336 g/mol. The number of hydrogen-bond donors (Lipinski definition) is 2. The van der Waals surface area contributed by atoms with Crippen molar-refractivity contribution in [3.8, 4) is 17.2 Å². The van der Waals surface area contributed by atoms with Crippen molar-refractivity contribution in [3.63, 3.8) is 0 Å². The molecule has 8 heteroatoms. The molecule has 1 heterocycles. The molecule has 24 heavy (non-hydrogen) atoms. The topological polar surface area (TPSA) is 78.1 Å². The Morgan fingerprint density at radius 1 is 1.21 bits per heavy atom. The molecule has 2 N–H and O–H groups in total. The average molecular weight is 361 g/mol. The number of benzene rings is 1. The van der Waals surface area contributed by atoms with Gasteiger partial charge in [0.2, 0.25) is 11.7 Å². The molecule has 0 aromatic heterocycles. The Morgan fingerprint density at radius 3 is 2.38 bits per heavy atom. The first-order valence-corrected chi connectivity index (χ1v) is 7.60. The second-order valence-electron chi connectivity index (χ2n) is 5.23. The number of anilines is 1. The summed E-state index contributed by atoms with van der Waals surface area (Å²) in [6.45, 7) is 1.71. The van der Waals surface area contributed by atoms with Crippen LogP contribution in [0.25, 0.3) is 0 Å². The minimum atomic E-state index is -0.141. The van der Waals surface area contributed by atoms with Crippen LogP contribution in [-0.2, 0) is 9.53 Å². The molecule has 0 spiro atoms. The van der Waals surface area contributed by atoms with Crippen molar-refractivity contribution in [1.29, 1.82) is 0 Å². The Kier molecular flexibility index (Phi) is 8.67. The van der Waals surface area contributed by atoms with E-state index in [1.807, 2.05) is 0 Å². The smallest absolute Gasteiger partial charge is 0.238 e. The lowest BCUT2D eigenvalue weighted by molar-refractivity contribution is -0.115. The molecule has 136 valence electrons. The summed E-state index contributed by atoms with van der Waals surface area (Å²) in [7, 11) is 4.60. The van der Waals surface area contributed by atoms with Crippen molar-refractivity contribution >= 4 is 24.0 Å². The molecule has 1 fully saturated rings. The molecule has 0 aliphatic carbocycles. The minimum Gasteiger partial charge on any atom is -0.493 e. The predicted molar refractivity (Wildman–Crippen MR) is 93.8 cm³/mol. The quantitative estimate of drug-likeness (QED) is 0.736. The highest BCUT2D eigenvalue weighted by Crippen LogP contribution is 2.39. The molecule has 1 amide bonds. The van der Waals surface area contributed by atoms with Crippen LogP contribution in [0.15, 0.2) is 12.1 Å². The van der Waals surface area contributed by atoms with Gasteiger partial charge in [0.25, 0.3) is 0 Å². The number of rotatable bonds is 8. The zero-order valence-electron chi connectivity index (χ0n) is 14.2. The maximum Gasteiger partial charge on any atom is 0.238 e. The fraction of sp³-hybridized carbons (Fsp3) is 0.562. The standard InChI is InChI=1S/C16H24N2O5.ClH/c1-20-13-7-11(8-14(21-2)16(13)22-3)18-15(19)10-17-9-12-5-4-6-23-12;/h7-8,12,17H,4-6,9-10H2,1-3H3,(H,18,19);1H. The Balaban J connectivity index is 0.00000288. The highest BCUT2D eigenvalue weighted by atomic mass is 35.5.